The van der Waals surface area contributed by atoms with Crippen molar-refractivity contribution in [3.8, 4) is 17.2 Å². The monoisotopic (exact) mass is 538 g/mol. The van der Waals surface area contributed by atoms with Gasteiger partial charge < -0.3 is 24.6 Å². The molecule has 1 fully saturated rings. The molecular formula is C33H38N4O3. The van der Waals surface area contributed by atoms with Crippen molar-refractivity contribution in [2.75, 3.05) is 47.4 Å². The zero-order valence-electron chi connectivity index (χ0n) is 23.6. The minimum atomic E-state index is -0.0641. The van der Waals surface area contributed by atoms with Gasteiger partial charge in [0.05, 0.1) is 12.6 Å². The van der Waals surface area contributed by atoms with Crippen LogP contribution in [0, 0.1) is 0 Å². The average molecular weight is 539 g/mol. The topological polar surface area (TPSA) is 66.9 Å². The Morgan fingerprint density at radius 1 is 0.975 bits per heavy atom. The van der Waals surface area contributed by atoms with Crippen LogP contribution in [-0.2, 0) is 6.54 Å². The Hall–Kier alpha value is -3.94. The van der Waals surface area contributed by atoms with E-state index in [0.717, 1.165) is 72.7 Å². The minimum Gasteiger partial charge on any atom is -0.497 e. The first kappa shape index (κ1) is 27.6. The molecule has 1 N–H and O–H groups in total. The van der Waals surface area contributed by atoms with E-state index in [4.69, 9.17) is 14.5 Å². The number of fused-ring (bicyclic) bond motifs is 1. The van der Waals surface area contributed by atoms with E-state index in [0.29, 0.717) is 23.8 Å². The van der Waals surface area contributed by atoms with E-state index in [1.807, 2.05) is 80.8 Å². The Morgan fingerprint density at radius 2 is 1.75 bits per heavy atom. The molecule has 1 aliphatic rings. The molecule has 7 nitrogen and oxygen atoms in total. The van der Waals surface area contributed by atoms with E-state index < -0.39 is 0 Å². The second-order valence-corrected chi connectivity index (χ2v) is 10.4. The van der Waals surface area contributed by atoms with Gasteiger partial charge in [-0.3, -0.25) is 9.78 Å². The van der Waals surface area contributed by atoms with Crippen molar-refractivity contribution in [1.82, 2.24) is 20.1 Å². The van der Waals surface area contributed by atoms with E-state index >= 15 is 0 Å². The maximum absolute atomic E-state index is 13.5. The number of methoxy groups -OCH3 is 1. The van der Waals surface area contributed by atoms with Gasteiger partial charge in [-0.15, -0.1) is 0 Å². The standard InChI is InChI=1S/C33H38N4O3/c1-34-16-19-37-17-14-24(15-18-37)32-21-26(30-22-28(39-3)12-13-31(30)35-32)23-36(2)33(38)25-8-7-11-29(20-25)40-27-9-5-4-6-10-27/h4-13,20-22,24,34H,14-19,23H2,1-3H3. The summed E-state index contributed by atoms with van der Waals surface area (Å²) in [5, 5.41) is 4.25. The maximum Gasteiger partial charge on any atom is 0.254 e. The summed E-state index contributed by atoms with van der Waals surface area (Å²) in [5.41, 5.74) is 3.70. The molecule has 5 rings (SSSR count). The van der Waals surface area contributed by atoms with Crippen molar-refractivity contribution in [2.24, 2.45) is 0 Å². The van der Waals surface area contributed by atoms with E-state index in [1.165, 1.54) is 0 Å². The highest BCUT2D eigenvalue weighted by Crippen LogP contribution is 2.32. The molecule has 1 aromatic heterocycles. The van der Waals surface area contributed by atoms with Gasteiger partial charge in [0, 0.05) is 49.2 Å². The number of likely N-dealkylation sites (tertiary alicyclic amines) is 1. The van der Waals surface area contributed by atoms with Crippen molar-refractivity contribution in [2.45, 2.75) is 25.3 Å². The number of nitrogens with one attached hydrogen (secondary N) is 1. The van der Waals surface area contributed by atoms with Crippen LogP contribution in [0.5, 0.6) is 17.2 Å². The second-order valence-electron chi connectivity index (χ2n) is 10.4. The number of hydrogen-bond donors (Lipinski definition) is 1. The lowest BCUT2D eigenvalue weighted by Crippen LogP contribution is -2.37. The van der Waals surface area contributed by atoms with Gasteiger partial charge in [-0.25, -0.2) is 0 Å². The number of ether oxygens (including phenoxy) is 2. The van der Waals surface area contributed by atoms with Gasteiger partial charge in [0.15, 0.2) is 0 Å². The predicted molar refractivity (Wildman–Crippen MR) is 159 cm³/mol. The summed E-state index contributed by atoms with van der Waals surface area (Å²) in [5.74, 6) is 2.49. The van der Waals surface area contributed by atoms with Crippen LogP contribution in [-0.4, -0.2) is 68.1 Å². The number of likely N-dealkylation sites (N-methyl/N-ethyl adjacent to an activating group) is 1. The van der Waals surface area contributed by atoms with Crippen LogP contribution in [0.1, 0.15) is 40.4 Å². The third-order valence-corrected chi connectivity index (χ3v) is 7.62. The van der Waals surface area contributed by atoms with Crippen LogP contribution in [0.15, 0.2) is 78.9 Å². The molecule has 3 aromatic carbocycles. The van der Waals surface area contributed by atoms with E-state index in [-0.39, 0.29) is 5.91 Å². The lowest BCUT2D eigenvalue weighted by Gasteiger charge is -2.32. The molecule has 7 heteroatoms. The van der Waals surface area contributed by atoms with Crippen molar-refractivity contribution < 1.29 is 14.3 Å². The lowest BCUT2D eigenvalue weighted by atomic mass is 9.91. The molecule has 0 unspecified atom stereocenters. The normalized spacial score (nSPS) is 14.3. The van der Waals surface area contributed by atoms with Gasteiger partial charge in [-0.05, 0) is 93.1 Å². The van der Waals surface area contributed by atoms with E-state index in [1.54, 1.807) is 18.1 Å². The van der Waals surface area contributed by atoms with Crippen molar-refractivity contribution in [3.63, 3.8) is 0 Å². The number of para-hydroxylation sites is 1. The van der Waals surface area contributed by atoms with Crippen molar-refractivity contribution >= 4 is 16.8 Å². The largest absolute Gasteiger partial charge is 0.497 e. The Morgan fingerprint density at radius 3 is 2.50 bits per heavy atom. The molecule has 4 aromatic rings. The minimum absolute atomic E-state index is 0.0641. The van der Waals surface area contributed by atoms with Crippen LogP contribution in [0.25, 0.3) is 10.9 Å². The van der Waals surface area contributed by atoms with Crippen LogP contribution < -0.4 is 14.8 Å². The summed E-state index contributed by atoms with van der Waals surface area (Å²) in [6.45, 7) is 4.69. The number of amides is 1. The summed E-state index contributed by atoms with van der Waals surface area (Å²) in [4.78, 5) is 22.9. The molecule has 1 aliphatic heterocycles. The molecule has 0 aliphatic carbocycles. The number of aromatic nitrogens is 1. The Balaban J connectivity index is 1.37. The molecule has 40 heavy (non-hydrogen) atoms. The van der Waals surface area contributed by atoms with Crippen LogP contribution in [0.3, 0.4) is 0 Å². The smallest absolute Gasteiger partial charge is 0.254 e. The number of hydrogen-bond acceptors (Lipinski definition) is 6. The van der Waals surface area contributed by atoms with E-state index in [9.17, 15) is 4.79 Å². The van der Waals surface area contributed by atoms with Crippen LogP contribution in [0.2, 0.25) is 0 Å². The summed E-state index contributed by atoms with van der Waals surface area (Å²) in [7, 11) is 5.52. The molecule has 0 spiro atoms. The zero-order valence-corrected chi connectivity index (χ0v) is 23.6. The lowest BCUT2D eigenvalue weighted by molar-refractivity contribution is 0.0785. The van der Waals surface area contributed by atoms with Crippen LogP contribution >= 0.6 is 0 Å². The molecule has 0 bridgehead atoms. The number of carbonyl (C=O) groups is 1. The van der Waals surface area contributed by atoms with Gasteiger partial charge in [-0.2, -0.15) is 0 Å². The van der Waals surface area contributed by atoms with Gasteiger partial charge in [0.2, 0.25) is 0 Å². The Labute approximate surface area is 236 Å². The highest BCUT2D eigenvalue weighted by molar-refractivity contribution is 5.95. The first-order valence-electron chi connectivity index (χ1n) is 14.0. The average Bonchev–Trinajstić information content (AvgIpc) is 3.00. The van der Waals surface area contributed by atoms with Gasteiger partial charge in [0.25, 0.3) is 5.91 Å². The van der Waals surface area contributed by atoms with E-state index in [2.05, 4.69) is 16.3 Å². The molecule has 0 atom stereocenters. The summed E-state index contributed by atoms with van der Waals surface area (Å²) < 4.78 is 11.5. The van der Waals surface area contributed by atoms with Gasteiger partial charge in [0.1, 0.15) is 17.2 Å². The molecule has 1 saturated heterocycles. The summed E-state index contributed by atoms with van der Waals surface area (Å²) in [6.07, 6.45) is 2.17. The molecule has 2 heterocycles. The second kappa shape index (κ2) is 12.9. The summed E-state index contributed by atoms with van der Waals surface area (Å²) >= 11 is 0. The maximum atomic E-state index is 13.5. The SMILES string of the molecule is CNCCN1CCC(c2cc(CN(C)C(=O)c3cccc(Oc4ccccc4)c3)c3cc(OC)ccc3n2)CC1. The fourth-order valence-electron chi connectivity index (χ4n) is 5.35. The number of carbonyl (C=O) groups excluding carboxylic acids is 1. The Kier molecular flexibility index (Phi) is 8.94. The molecule has 1 amide bonds. The highest BCUT2D eigenvalue weighted by Gasteiger charge is 2.23. The quantitative estimate of drug-likeness (QED) is 0.279. The fraction of sp³-hybridized carbons (Fsp3) is 0.333. The zero-order chi connectivity index (χ0) is 27.9. The molecule has 0 saturated carbocycles. The third-order valence-electron chi connectivity index (χ3n) is 7.62. The van der Waals surface area contributed by atoms with Crippen LogP contribution in [0.4, 0.5) is 0 Å². The molecule has 0 radical (unpaired) electrons. The number of piperidine rings is 1. The highest BCUT2D eigenvalue weighted by atomic mass is 16.5. The number of benzene rings is 3. The molecule has 208 valence electrons. The first-order valence-corrected chi connectivity index (χ1v) is 14.0. The van der Waals surface area contributed by atoms with Crippen molar-refractivity contribution in [1.29, 1.82) is 0 Å². The molecular weight excluding hydrogens is 500 g/mol. The fourth-order valence-corrected chi connectivity index (χ4v) is 5.35. The third kappa shape index (κ3) is 6.61. The predicted octanol–water partition coefficient (Wildman–Crippen LogP) is 5.71. The van der Waals surface area contributed by atoms with Gasteiger partial charge in [-0.1, -0.05) is 24.3 Å². The summed E-state index contributed by atoms with van der Waals surface area (Å²) in [6, 6.07) is 25.1. The van der Waals surface area contributed by atoms with Crippen molar-refractivity contribution in [3.05, 3.63) is 95.7 Å². The number of pyridine rings is 1. The Bertz CT molecular complexity index is 1430. The van der Waals surface area contributed by atoms with Gasteiger partial charge >= 0.3 is 0 Å². The number of rotatable bonds is 10. The number of nitrogens with zero attached hydrogens (tertiary/aromatic N) is 3. The first-order chi connectivity index (χ1) is 19.5.